The number of carboxylic acids is 1. The van der Waals surface area contributed by atoms with Crippen LogP contribution in [-0.4, -0.2) is 16.8 Å². The SMILES string of the molecule is O=C(O)C1NCc2cc(SCC3CC3)ccc21. The molecule has 1 aromatic carbocycles. The molecule has 0 bridgehead atoms. The average Bonchev–Trinajstić information content (AvgIpc) is 3.04. The summed E-state index contributed by atoms with van der Waals surface area (Å²) in [7, 11) is 0. The molecule has 0 radical (unpaired) electrons. The van der Waals surface area contributed by atoms with E-state index in [0.29, 0.717) is 6.54 Å². The minimum Gasteiger partial charge on any atom is -0.480 e. The molecular formula is C13H15NO2S. The topological polar surface area (TPSA) is 49.3 Å². The number of thioether (sulfide) groups is 1. The Hall–Kier alpha value is -1.00. The highest BCUT2D eigenvalue weighted by Crippen LogP contribution is 2.36. The minimum absolute atomic E-state index is 0.521. The van der Waals surface area contributed by atoms with Gasteiger partial charge in [0.05, 0.1) is 0 Å². The Morgan fingerprint density at radius 1 is 1.47 bits per heavy atom. The molecule has 3 nitrogen and oxygen atoms in total. The van der Waals surface area contributed by atoms with Crippen LogP contribution in [0.5, 0.6) is 0 Å². The molecule has 2 aliphatic rings. The van der Waals surface area contributed by atoms with Crippen LogP contribution in [0.3, 0.4) is 0 Å². The fourth-order valence-corrected chi connectivity index (χ4v) is 3.30. The van der Waals surface area contributed by atoms with Crippen LogP contribution in [0.1, 0.15) is 30.0 Å². The van der Waals surface area contributed by atoms with Crippen LogP contribution >= 0.6 is 11.8 Å². The van der Waals surface area contributed by atoms with Gasteiger partial charge < -0.3 is 5.11 Å². The lowest BCUT2D eigenvalue weighted by atomic mass is 10.1. The van der Waals surface area contributed by atoms with Gasteiger partial charge in [0.2, 0.25) is 0 Å². The molecule has 1 aliphatic carbocycles. The van der Waals surface area contributed by atoms with Crippen molar-refractivity contribution >= 4 is 17.7 Å². The van der Waals surface area contributed by atoms with Crippen molar-refractivity contribution < 1.29 is 9.90 Å². The van der Waals surface area contributed by atoms with Gasteiger partial charge in [-0.3, -0.25) is 10.1 Å². The number of carbonyl (C=O) groups is 1. The predicted molar refractivity (Wildman–Crippen MR) is 67.1 cm³/mol. The van der Waals surface area contributed by atoms with E-state index in [2.05, 4.69) is 17.4 Å². The summed E-state index contributed by atoms with van der Waals surface area (Å²) < 4.78 is 0. The van der Waals surface area contributed by atoms with Crippen LogP contribution in [0.4, 0.5) is 0 Å². The molecular weight excluding hydrogens is 234 g/mol. The van der Waals surface area contributed by atoms with E-state index in [4.69, 9.17) is 5.11 Å². The number of hydrogen-bond acceptors (Lipinski definition) is 3. The summed E-state index contributed by atoms with van der Waals surface area (Å²) >= 11 is 1.89. The first-order valence-electron chi connectivity index (χ1n) is 5.96. The zero-order chi connectivity index (χ0) is 11.8. The van der Waals surface area contributed by atoms with Gasteiger partial charge in [-0.05, 0) is 42.0 Å². The van der Waals surface area contributed by atoms with Crippen molar-refractivity contribution in [2.75, 3.05) is 5.75 Å². The first kappa shape index (κ1) is 11.1. The number of aliphatic carboxylic acids is 1. The van der Waals surface area contributed by atoms with Crippen molar-refractivity contribution in [3.63, 3.8) is 0 Å². The predicted octanol–water partition coefficient (Wildman–Crippen LogP) is 2.42. The Morgan fingerprint density at radius 2 is 2.29 bits per heavy atom. The summed E-state index contributed by atoms with van der Waals surface area (Å²) in [4.78, 5) is 12.3. The minimum atomic E-state index is -0.790. The largest absolute Gasteiger partial charge is 0.480 e. The van der Waals surface area contributed by atoms with E-state index < -0.39 is 12.0 Å². The van der Waals surface area contributed by atoms with Crippen molar-refractivity contribution in [2.24, 2.45) is 5.92 Å². The lowest BCUT2D eigenvalue weighted by Gasteiger charge is -2.07. The molecule has 1 fully saturated rings. The molecule has 0 saturated heterocycles. The van der Waals surface area contributed by atoms with Gasteiger partial charge in [-0.15, -0.1) is 11.8 Å². The van der Waals surface area contributed by atoms with Gasteiger partial charge in [0.25, 0.3) is 0 Å². The second kappa shape index (κ2) is 4.35. The molecule has 0 amide bonds. The first-order valence-corrected chi connectivity index (χ1v) is 6.94. The van der Waals surface area contributed by atoms with Crippen molar-refractivity contribution in [3.05, 3.63) is 29.3 Å². The summed E-state index contributed by atoms with van der Waals surface area (Å²) in [6, 6.07) is 5.63. The summed E-state index contributed by atoms with van der Waals surface area (Å²) in [6.45, 7) is 0.671. The second-order valence-corrected chi connectivity index (χ2v) is 5.86. The summed E-state index contributed by atoms with van der Waals surface area (Å²) in [5.74, 6) is 1.33. The molecule has 1 aliphatic heterocycles. The van der Waals surface area contributed by atoms with Crippen LogP contribution in [0.15, 0.2) is 23.1 Å². The second-order valence-electron chi connectivity index (χ2n) is 4.77. The van der Waals surface area contributed by atoms with Gasteiger partial charge >= 0.3 is 5.97 Å². The molecule has 1 unspecified atom stereocenters. The zero-order valence-electron chi connectivity index (χ0n) is 9.48. The van der Waals surface area contributed by atoms with Crippen molar-refractivity contribution in [2.45, 2.75) is 30.3 Å². The first-order chi connectivity index (χ1) is 8.24. The molecule has 90 valence electrons. The molecule has 1 heterocycles. The Bertz CT molecular complexity index is 457. The molecule has 0 spiro atoms. The van der Waals surface area contributed by atoms with Crippen LogP contribution < -0.4 is 5.32 Å². The highest BCUT2D eigenvalue weighted by atomic mass is 32.2. The summed E-state index contributed by atoms with van der Waals surface area (Å²) in [5, 5.41) is 12.1. The number of fused-ring (bicyclic) bond motifs is 1. The van der Waals surface area contributed by atoms with E-state index >= 15 is 0 Å². The number of nitrogens with one attached hydrogen (secondary N) is 1. The molecule has 0 aromatic heterocycles. The van der Waals surface area contributed by atoms with Crippen molar-refractivity contribution in [1.29, 1.82) is 0 Å². The number of benzene rings is 1. The number of rotatable bonds is 4. The van der Waals surface area contributed by atoms with Crippen LogP contribution in [-0.2, 0) is 11.3 Å². The van der Waals surface area contributed by atoms with E-state index in [0.717, 1.165) is 17.0 Å². The Labute approximate surface area is 105 Å². The third kappa shape index (κ3) is 2.33. The monoisotopic (exact) mass is 249 g/mol. The van der Waals surface area contributed by atoms with Gasteiger partial charge in [0, 0.05) is 17.2 Å². The van der Waals surface area contributed by atoms with Crippen LogP contribution in [0.25, 0.3) is 0 Å². The summed E-state index contributed by atoms with van der Waals surface area (Å²) in [6.07, 6.45) is 2.75. The van der Waals surface area contributed by atoms with Crippen LogP contribution in [0.2, 0.25) is 0 Å². The van der Waals surface area contributed by atoms with Crippen molar-refractivity contribution in [3.8, 4) is 0 Å². The lowest BCUT2D eigenvalue weighted by Crippen LogP contribution is -2.21. The Morgan fingerprint density at radius 3 is 3.00 bits per heavy atom. The molecule has 1 atom stereocenters. The maximum Gasteiger partial charge on any atom is 0.325 e. The van der Waals surface area contributed by atoms with Gasteiger partial charge in [0.15, 0.2) is 0 Å². The zero-order valence-corrected chi connectivity index (χ0v) is 10.3. The van der Waals surface area contributed by atoms with Gasteiger partial charge in [-0.1, -0.05) is 6.07 Å². The highest BCUT2D eigenvalue weighted by Gasteiger charge is 2.28. The van der Waals surface area contributed by atoms with Gasteiger partial charge in [-0.2, -0.15) is 0 Å². The quantitative estimate of drug-likeness (QED) is 0.805. The van der Waals surface area contributed by atoms with E-state index in [1.165, 1.54) is 23.5 Å². The Balaban J connectivity index is 1.75. The van der Waals surface area contributed by atoms with Gasteiger partial charge in [-0.25, -0.2) is 0 Å². The standard InChI is InChI=1S/C13H15NO2S/c15-13(16)12-11-4-3-10(5-9(11)6-14-12)17-7-8-1-2-8/h3-5,8,12,14H,1-2,6-7H2,(H,15,16). The highest BCUT2D eigenvalue weighted by molar-refractivity contribution is 7.99. The van der Waals surface area contributed by atoms with Crippen molar-refractivity contribution in [1.82, 2.24) is 5.32 Å². The molecule has 17 heavy (non-hydrogen) atoms. The smallest absolute Gasteiger partial charge is 0.325 e. The fourth-order valence-electron chi connectivity index (χ4n) is 2.15. The molecule has 1 aromatic rings. The molecule has 4 heteroatoms. The van der Waals surface area contributed by atoms with E-state index in [-0.39, 0.29) is 0 Å². The molecule has 3 rings (SSSR count). The number of hydrogen-bond donors (Lipinski definition) is 2. The maximum atomic E-state index is 11.0. The fraction of sp³-hybridized carbons (Fsp3) is 0.462. The molecule has 1 saturated carbocycles. The van der Waals surface area contributed by atoms with Crippen LogP contribution in [0, 0.1) is 5.92 Å². The number of carboxylic acid groups (broad SMARTS) is 1. The van der Waals surface area contributed by atoms with Gasteiger partial charge in [0.1, 0.15) is 6.04 Å². The molecule has 2 N–H and O–H groups in total. The third-order valence-electron chi connectivity index (χ3n) is 3.35. The third-order valence-corrected chi connectivity index (χ3v) is 4.58. The normalized spacial score (nSPS) is 22.5. The average molecular weight is 249 g/mol. The Kier molecular flexibility index (Phi) is 2.84. The van der Waals surface area contributed by atoms with E-state index in [1.807, 2.05) is 17.8 Å². The maximum absolute atomic E-state index is 11.0. The summed E-state index contributed by atoms with van der Waals surface area (Å²) in [5.41, 5.74) is 2.06. The van der Waals surface area contributed by atoms with E-state index in [9.17, 15) is 4.79 Å². The van der Waals surface area contributed by atoms with E-state index in [1.54, 1.807) is 0 Å². The lowest BCUT2D eigenvalue weighted by molar-refractivity contribution is -0.139.